The number of hydrogen-bond donors (Lipinski definition) is 0. The van der Waals surface area contributed by atoms with Crippen LogP contribution in [-0.4, -0.2) is 60.9 Å². The SMILES string of the molecule is CCCS(=O)(=O)N1CCN(C2(CCC(=O)c3ccc(-c4ccccc4)cc3)CCCCC2)CC1.Cl. The van der Waals surface area contributed by atoms with Crippen LogP contribution in [0.1, 0.15) is 68.6 Å². The number of hydrogen-bond acceptors (Lipinski definition) is 4. The number of carbonyl (C=O) groups is 1. The molecule has 0 spiro atoms. The maximum atomic E-state index is 13.1. The van der Waals surface area contributed by atoms with Crippen LogP contribution in [0.3, 0.4) is 0 Å². The van der Waals surface area contributed by atoms with E-state index in [0.29, 0.717) is 25.9 Å². The van der Waals surface area contributed by atoms with Crippen LogP contribution in [0.5, 0.6) is 0 Å². The monoisotopic (exact) mass is 518 g/mol. The predicted octanol–water partition coefficient (Wildman–Crippen LogP) is 5.80. The van der Waals surface area contributed by atoms with Gasteiger partial charge in [-0.25, -0.2) is 8.42 Å². The molecule has 2 aliphatic rings. The minimum absolute atomic E-state index is 0. The Kier molecular flexibility index (Phi) is 9.94. The van der Waals surface area contributed by atoms with Gasteiger partial charge in [-0.1, -0.05) is 80.8 Å². The Morgan fingerprint density at radius 3 is 2.06 bits per heavy atom. The van der Waals surface area contributed by atoms with Crippen LogP contribution < -0.4 is 0 Å². The Labute approximate surface area is 217 Å². The van der Waals surface area contributed by atoms with E-state index in [1.807, 2.05) is 49.4 Å². The number of Topliss-reactive ketones (excluding diaryl/α,β-unsaturated/α-hetero) is 1. The third-order valence-electron chi connectivity index (χ3n) is 7.68. The van der Waals surface area contributed by atoms with Gasteiger partial charge in [-0.15, -0.1) is 12.4 Å². The number of benzene rings is 2. The van der Waals surface area contributed by atoms with Crippen molar-refractivity contribution in [2.45, 2.75) is 63.8 Å². The molecule has 192 valence electrons. The van der Waals surface area contributed by atoms with Crippen LogP contribution in [-0.2, 0) is 10.0 Å². The first-order valence-corrected chi connectivity index (χ1v) is 14.5. The van der Waals surface area contributed by atoms with Crippen molar-refractivity contribution in [1.82, 2.24) is 9.21 Å². The summed E-state index contributed by atoms with van der Waals surface area (Å²) in [6.07, 6.45) is 7.89. The van der Waals surface area contributed by atoms with Crippen molar-refractivity contribution in [2.24, 2.45) is 0 Å². The van der Waals surface area contributed by atoms with Crippen LogP contribution in [0, 0.1) is 0 Å². The zero-order valence-corrected chi connectivity index (χ0v) is 22.5. The Balaban J connectivity index is 0.00000342. The highest BCUT2D eigenvalue weighted by Gasteiger charge is 2.40. The molecule has 4 rings (SSSR count). The molecule has 5 nitrogen and oxygen atoms in total. The van der Waals surface area contributed by atoms with Gasteiger partial charge in [0.05, 0.1) is 5.75 Å². The Morgan fingerprint density at radius 1 is 0.857 bits per heavy atom. The molecule has 0 radical (unpaired) electrons. The number of piperazine rings is 1. The van der Waals surface area contributed by atoms with Crippen LogP contribution in [0.4, 0.5) is 0 Å². The summed E-state index contributed by atoms with van der Waals surface area (Å²) in [6.45, 7) is 4.58. The van der Waals surface area contributed by atoms with Gasteiger partial charge < -0.3 is 0 Å². The Hall–Kier alpha value is -1.73. The fourth-order valence-electron chi connectivity index (χ4n) is 5.73. The molecule has 7 heteroatoms. The normalized spacial score (nSPS) is 19.1. The molecule has 1 heterocycles. The summed E-state index contributed by atoms with van der Waals surface area (Å²) in [7, 11) is -3.14. The van der Waals surface area contributed by atoms with Crippen molar-refractivity contribution < 1.29 is 13.2 Å². The molecule has 0 unspecified atom stereocenters. The van der Waals surface area contributed by atoms with E-state index in [0.717, 1.165) is 49.0 Å². The number of rotatable bonds is 9. The second kappa shape index (κ2) is 12.5. The lowest BCUT2D eigenvalue weighted by Gasteiger charge is -2.50. The van der Waals surface area contributed by atoms with E-state index in [1.165, 1.54) is 19.3 Å². The zero-order chi connectivity index (χ0) is 24.0. The molecule has 0 amide bonds. The van der Waals surface area contributed by atoms with Crippen LogP contribution in [0.25, 0.3) is 11.1 Å². The first-order chi connectivity index (χ1) is 16.4. The molecule has 35 heavy (non-hydrogen) atoms. The van der Waals surface area contributed by atoms with Crippen LogP contribution in [0.2, 0.25) is 0 Å². The molecule has 0 N–H and O–H groups in total. The molecule has 2 aromatic carbocycles. The molecule has 0 bridgehead atoms. The van der Waals surface area contributed by atoms with Crippen LogP contribution >= 0.6 is 12.4 Å². The topological polar surface area (TPSA) is 57.7 Å². The number of ketones is 1. The van der Waals surface area contributed by atoms with Gasteiger partial charge in [0.15, 0.2) is 5.78 Å². The quantitative estimate of drug-likeness (QED) is 0.394. The van der Waals surface area contributed by atoms with Gasteiger partial charge in [-0.05, 0) is 36.8 Å². The van der Waals surface area contributed by atoms with Gasteiger partial charge in [0.25, 0.3) is 0 Å². The second-order valence-corrected chi connectivity index (χ2v) is 11.9. The smallest absolute Gasteiger partial charge is 0.214 e. The van der Waals surface area contributed by atoms with Gasteiger partial charge in [0, 0.05) is 43.7 Å². The van der Waals surface area contributed by atoms with Crippen molar-refractivity contribution in [2.75, 3.05) is 31.9 Å². The summed E-state index contributed by atoms with van der Waals surface area (Å²) in [5.41, 5.74) is 3.08. The molecule has 2 aromatic rings. The molecular formula is C28H39ClN2O3S. The van der Waals surface area contributed by atoms with Gasteiger partial charge >= 0.3 is 0 Å². The summed E-state index contributed by atoms with van der Waals surface area (Å²) < 4.78 is 26.7. The van der Waals surface area contributed by atoms with E-state index in [-0.39, 0.29) is 29.5 Å². The summed E-state index contributed by atoms with van der Waals surface area (Å²) in [6, 6.07) is 18.2. The lowest BCUT2D eigenvalue weighted by atomic mass is 9.76. The van der Waals surface area contributed by atoms with Crippen molar-refractivity contribution in [3.63, 3.8) is 0 Å². The van der Waals surface area contributed by atoms with E-state index < -0.39 is 10.0 Å². The average Bonchev–Trinajstić information content (AvgIpc) is 2.88. The number of sulfonamides is 1. The molecule has 1 aliphatic carbocycles. The Bertz CT molecular complexity index is 1040. The highest BCUT2D eigenvalue weighted by atomic mass is 35.5. The largest absolute Gasteiger partial charge is 0.295 e. The van der Waals surface area contributed by atoms with Crippen LogP contribution in [0.15, 0.2) is 54.6 Å². The van der Waals surface area contributed by atoms with E-state index in [2.05, 4.69) is 17.0 Å². The maximum Gasteiger partial charge on any atom is 0.214 e. The van der Waals surface area contributed by atoms with Gasteiger partial charge in [0.2, 0.25) is 10.0 Å². The minimum atomic E-state index is -3.14. The van der Waals surface area contributed by atoms with Crippen molar-refractivity contribution >= 4 is 28.2 Å². The maximum absolute atomic E-state index is 13.1. The zero-order valence-electron chi connectivity index (χ0n) is 20.8. The second-order valence-electron chi connectivity index (χ2n) is 9.85. The van der Waals surface area contributed by atoms with Gasteiger partial charge in [-0.3, -0.25) is 9.69 Å². The highest BCUT2D eigenvalue weighted by Crippen LogP contribution is 2.38. The molecular weight excluding hydrogens is 480 g/mol. The fraction of sp³-hybridized carbons (Fsp3) is 0.536. The van der Waals surface area contributed by atoms with Crippen molar-refractivity contribution in [3.05, 3.63) is 60.2 Å². The number of carbonyl (C=O) groups excluding carboxylic acids is 1. The minimum Gasteiger partial charge on any atom is -0.295 e. The highest BCUT2D eigenvalue weighted by molar-refractivity contribution is 7.89. The van der Waals surface area contributed by atoms with E-state index in [9.17, 15) is 13.2 Å². The molecule has 0 atom stereocenters. The lowest BCUT2D eigenvalue weighted by Crippen LogP contribution is -2.58. The van der Waals surface area contributed by atoms with Gasteiger partial charge in [0.1, 0.15) is 0 Å². The third kappa shape index (κ3) is 6.73. The standard InChI is InChI=1S/C28H38N2O3S.ClH/c1-2-23-34(32,33)30-21-19-29(20-22-30)28(16-7-4-8-17-28)18-15-27(31)26-13-11-25(12-14-26)24-9-5-3-6-10-24;/h3,5-6,9-14H,2,4,7-8,15-23H2,1H3;1H. The third-order valence-corrected chi connectivity index (χ3v) is 9.76. The van der Waals surface area contributed by atoms with Crippen molar-refractivity contribution in [1.29, 1.82) is 0 Å². The summed E-state index contributed by atoms with van der Waals surface area (Å²) >= 11 is 0. The van der Waals surface area contributed by atoms with Gasteiger partial charge in [-0.2, -0.15) is 4.31 Å². The molecule has 2 fully saturated rings. The summed E-state index contributed by atoms with van der Waals surface area (Å²) in [4.78, 5) is 15.6. The van der Waals surface area contributed by atoms with E-state index in [1.54, 1.807) is 4.31 Å². The molecule has 1 saturated heterocycles. The predicted molar refractivity (Wildman–Crippen MR) is 146 cm³/mol. The first-order valence-electron chi connectivity index (χ1n) is 12.9. The van der Waals surface area contributed by atoms with E-state index >= 15 is 0 Å². The molecule has 0 aromatic heterocycles. The van der Waals surface area contributed by atoms with E-state index in [4.69, 9.17) is 0 Å². The van der Waals surface area contributed by atoms with Crippen molar-refractivity contribution in [3.8, 4) is 11.1 Å². The fourth-order valence-corrected chi connectivity index (χ4v) is 7.23. The summed E-state index contributed by atoms with van der Waals surface area (Å²) in [5, 5.41) is 0. The number of halogens is 1. The Morgan fingerprint density at radius 2 is 1.46 bits per heavy atom. The molecule has 1 saturated carbocycles. The number of nitrogens with zero attached hydrogens (tertiary/aromatic N) is 2. The lowest BCUT2D eigenvalue weighted by molar-refractivity contribution is 0.0165. The average molecular weight is 519 g/mol. The molecule has 1 aliphatic heterocycles. The first kappa shape index (κ1) is 27.9. The summed E-state index contributed by atoms with van der Waals surface area (Å²) in [5.74, 6) is 0.434.